The minimum atomic E-state index is -1.29. The molecule has 3 atom stereocenters. The maximum Gasteiger partial charge on any atom is 0.352 e. The third-order valence-corrected chi connectivity index (χ3v) is 5.78. The van der Waals surface area contributed by atoms with Gasteiger partial charge in [-0.3, -0.25) is 19.3 Å². The van der Waals surface area contributed by atoms with Crippen molar-refractivity contribution in [3.05, 3.63) is 47.2 Å². The number of carboxylic acids is 1. The number of hydrogen-bond acceptors (Lipinski definition) is 7. The molecule has 10 heteroatoms. The first-order valence-electron chi connectivity index (χ1n) is 8.45. The van der Waals surface area contributed by atoms with Crippen LogP contribution in [0.5, 0.6) is 0 Å². The molecule has 1 fully saturated rings. The third-order valence-electron chi connectivity index (χ3n) is 4.44. The normalized spacial score (nSPS) is 22.1. The first kappa shape index (κ1) is 19.9. The van der Waals surface area contributed by atoms with E-state index in [-0.39, 0.29) is 18.1 Å². The van der Waals surface area contributed by atoms with Crippen molar-refractivity contribution < 1.29 is 29.0 Å². The Morgan fingerprint density at radius 2 is 2.04 bits per heavy atom. The second-order valence-electron chi connectivity index (χ2n) is 6.32. The molecule has 0 radical (unpaired) electrons. The number of nitrogens with zero attached hydrogens (tertiary/aromatic N) is 1. The Morgan fingerprint density at radius 3 is 2.64 bits per heavy atom. The number of rotatable bonds is 6. The largest absolute Gasteiger partial charge is 0.477 e. The molecule has 1 aromatic carbocycles. The molecule has 2 heterocycles. The van der Waals surface area contributed by atoms with E-state index in [4.69, 9.17) is 10.5 Å². The van der Waals surface area contributed by atoms with Crippen LogP contribution in [0.4, 0.5) is 0 Å². The Hall–Kier alpha value is -2.85. The smallest absolute Gasteiger partial charge is 0.352 e. The molecule has 1 aromatic rings. The molecule has 0 aliphatic carbocycles. The molecule has 148 valence electrons. The molecule has 2 aliphatic heterocycles. The van der Waals surface area contributed by atoms with Gasteiger partial charge in [0.2, 0.25) is 5.91 Å². The van der Waals surface area contributed by atoms with Gasteiger partial charge >= 0.3 is 11.9 Å². The number of carbonyl (C=O) groups excluding carboxylic acids is 3. The Kier molecular flexibility index (Phi) is 5.71. The van der Waals surface area contributed by atoms with Crippen molar-refractivity contribution in [2.45, 2.75) is 24.4 Å². The fourth-order valence-corrected chi connectivity index (χ4v) is 4.37. The highest BCUT2D eigenvalue weighted by Crippen LogP contribution is 2.40. The van der Waals surface area contributed by atoms with Crippen molar-refractivity contribution in [3.63, 3.8) is 0 Å². The average molecular weight is 405 g/mol. The topological polar surface area (TPSA) is 139 Å². The van der Waals surface area contributed by atoms with Crippen molar-refractivity contribution in [3.8, 4) is 0 Å². The Morgan fingerprint density at radius 1 is 1.36 bits per heavy atom. The second-order valence-corrected chi connectivity index (χ2v) is 7.43. The van der Waals surface area contributed by atoms with E-state index in [1.807, 2.05) is 0 Å². The highest BCUT2D eigenvalue weighted by Gasteiger charge is 2.54. The molecule has 2 amide bonds. The first-order valence-corrected chi connectivity index (χ1v) is 9.50. The van der Waals surface area contributed by atoms with Gasteiger partial charge in [-0.15, -0.1) is 11.8 Å². The number of carboxylic acid groups (broad SMARTS) is 1. The van der Waals surface area contributed by atoms with E-state index in [2.05, 4.69) is 5.32 Å². The summed E-state index contributed by atoms with van der Waals surface area (Å²) >= 11 is 1.29. The molecule has 1 saturated heterocycles. The summed E-state index contributed by atoms with van der Waals surface area (Å²) in [6, 6.07) is 6.92. The number of benzene rings is 1. The molecule has 0 aromatic heterocycles. The highest BCUT2D eigenvalue weighted by molar-refractivity contribution is 8.00. The summed E-state index contributed by atoms with van der Waals surface area (Å²) in [6.45, 7) is 1.02. The minimum Gasteiger partial charge on any atom is -0.477 e. The summed E-state index contributed by atoms with van der Waals surface area (Å²) in [6.07, 6.45) is 0. The third kappa shape index (κ3) is 3.73. The first-order chi connectivity index (χ1) is 13.3. The number of fused-ring (bicyclic) bond motifs is 1. The summed E-state index contributed by atoms with van der Waals surface area (Å²) in [4.78, 5) is 48.7. The van der Waals surface area contributed by atoms with Crippen molar-refractivity contribution in [2.75, 3.05) is 12.4 Å². The zero-order valence-electron chi connectivity index (χ0n) is 15.0. The maximum atomic E-state index is 12.5. The summed E-state index contributed by atoms with van der Waals surface area (Å²) in [5, 5.41) is 11.6. The lowest BCUT2D eigenvalue weighted by atomic mass is 10.0. The molecule has 0 bridgehead atoms. The van der Waals surface area contributed by atoms with E-state index in [9.17, 15) is 24.3 Å². The van der Waals surface area contributed by atoms with Crippen LogP contribution < -0.4 is 11.1 Å². The standard InChI is InChI=1S/C18H19N3O6S/c1-9(22)27-7-11-8-28-17-13(16(24)21(17)14(11)18(25)26)20-15(23)12(19)10-5-3-2-4-6-10/h2-6,12-13,17H,7-8,19H2,1H3,(H,20,23)(H,25,26)/t12-,13?,17?/m1/s1. The molecule has 4 N–H and O–H groups in total. The number of amides is 2. The van der Waals surface area contributed by atoms with Crippen molar-refractivity contribution in [2.24, 2.45) is 5.73 Å². The van der Waals surface area contributed by atoms with Gasteiger partial charge in [0.1, 0.15) is 29.8 Å². The van der Waals surface area contributed by atoms with Gasteiger partial charge in [-0.05, 0) is 5.56 Å². The number of hydrogen-bond donors (Lipinski definition) is 3. The fourth-order valence-electron chi connectivity index (χ4n) is 3.04. The lowest BCUT2D eigenvalue weighted by Crippen LogP contribution is -2.71. The summed E-state index contributed by atoms with van der Waals surface area (Å²) in [5.41, 5.74) is 6.69. The van der Waals surface area contributed by atoms with Gasteiger partial charge in [0.15, 0.2) is 0 Å². The molecule has 0 spiro atoms. The Bertz CT molecular complexity index is 856. The molecular weight excluding hydrogens is 386 g/mol. The van der Waals surface area contributed by atoms with Gasteiger partial charge < -0.3 is 20.9 Å². The number of nitrogens with two attached hydrogens (primary N) is 1. The summed E-state index contributed by atoms with van der Waals surface area (Å²) in [7, 11) is 0. The van der Waals surface area contributed by atoms with Gasteiger partial charge in [-0.2, -0.15) is 0 Å². The number of esters is 1. The zero-order valence-corrected chi connectivity index (χ0v) is 15.8. The quantitative estimate of drug-likeness (QED) is 0.444. The van der Waals surface area contributed by atoms with Crippen LogP contribution >= 0.6 is 11.8 Å². The molecular formula is C18H19N3O6S. The highest BCUT2D eigenvalue weighted by atomic mass is 32.2. The van der Waals surface area contributed by atoms with Gasteiger partial charge in [0.05, 0.1) is 0 Å². The SMILES string of the molecule is CC(=O)OCC1=C(C(=O)O)N2C(=O)C(NC(=O)[C@H](N)c3ccccc3)C2SC1. The predicted molar refractivity (Wildman–Crippen MR) is 99.7 cm³/mol. The molecule has 9 nitrogen and oxygen atoms in total. The van der Waals surface area contributed by atoms with Gasteiger partial charge in [-0.1, -0.05) is 30.3 Å². The van der Waals surface area contributed by atoms with Crippen LogP contribution in [0.25, 0.3) is 0 Å². The maximum absolute atomic E-state index is 12.5. The number of aliphatic carboxylic acids is 1. The van der Waals surface area contributed by atoms with Crippen LogP contribution in [-0.2, 0) is 23.9 Å². The lowest BCUT2D eigenvalue weighted by Gasteiger charge is -2.49. The molecule has 3 rings (SSSR count). The van der Waals surface area contributed by atoms with E-state index >= 15 is 0 Å². The lowest BCUT2D eigenvalue weighted by molar-refractivity contribution is -0.151. The number of ether oxygens (including phenoxy) is 1. The van der Waals surface area contributed by atoms with E-state index in [0.29, 0.717) is 11.1 Å². The molecule has 0 saturated carbocycles. The van der Waals surface area contributed by atoms with Crippen LogP contribution in [0.2, 0.25) is 0 Å². The minimum absolute atomic E-state index is 0.198. The van der Waals surface area contributed by atoms with E-state index < -0.39 is 41.2 Å². The van der Waals surface area contributed by atoms with Gasteiger partial charge in [0, 0.05) is 18.2 Å². The molecule has 2 unspecified atom stereocenters. The van der Waals surface area contributed by atoms with Crippen molar-refractivity contribution in [1.29, 1.82) is 0 Å². The zero-order chi connectivity index (χ0) is 20.4. The van der Waals surface area contributed by atoms with Gasteiger partial charge in [-0.25, -0.2) is 4.79 Å². The second kappa shape index (κ2) is 8.03. The van der Waals surface area contributed by atoms with E-state index in [0.717, 1.165) is 4.90 Å². The van der Waals surface area contributed by atoms with Gasteiger partial charge in [0.25, 0.3) is 5.91 Å². The number of β-lactam (4-membered cyclic amide) rings is 1. The summed E-state index contributed by atoms with van der Waals surface area (Å²) in [5.74, 6) is -2.62. The molecule has 28 heavy (non-hydrogen) atoms. The van der Waals surface area contributed by atoms with Crippen LogP contribution in [0.15, 0.2) is 41.6 Å². The van der Waals surface area contributed by atoms with Crippen LogP contribution in [-0.4, -0.2) is 57.5 Å². The van der Waals surface area contributed by atoms with Crippen LogP contribution in [0.3, 0.4) is 0 Å². The Balaban J connectivity index is 1.72. The van der Waals surface area contributed by atoms with Crippen molar-refractivity contribution in [1.82, 2.24) is 10.2 Å². The number of nitrogens with one attached hydrogen (secondary N) is 1. The van der Waals surface area contributed by atoms with E-state index in [1.54, 1.807) is 30.3 Å². The van der Waals surface area contributed by atoms with E-state index in [1.165, 1.54) is 18.7 Å². The van der Waals surface area contributed by atoms with Crippen molar-refractivity contribution >= 4 is 35.5 Å². The average Bonchev–Trinajstić information content (AvgIpc) is 2.69. The molecule has 2 aliphatic rings. The number of thioether (sulfide) groups is 1. The number of carbonyl (C=O) groups is 4. The fraction of sp³-hybridized carbons (Fsp3) is 0.333. The Labute approximate surface area is 164 Å². The monoisotopic (exact) mass is 405 g/mol. The summed E-state index contributed by atoms with van der Waals surface area (Å²) < 4.78 is 4.88. The predicted octanol–water partition coefficient (Wildman–Crippen LogP) is -0.0119. The van der Waals surface area contributed by atoms with Crippen LogP contribution in [0.1, 0.15) is 18.5 Å². The van der Waals surface area contributed by atoms with Crippen LogP contribution in [0, 0.1) is 0 Å².